The molecule has 1 aliphatic rings. The second kappa shape index (κ2) is 8.91. The number of imidazole rings is 1. The fraction of sp³-hybridized carbons (Fsp3) is 0.350. The standard InChI is InChI=1S/C20H23ClN6O3S/c21-16-11-24-19(26-20(28)14-2-1-5-23-10-14)9-15(16)13-3-4-17-18(8-13)27(12-25-17)6-7-31(22,29)30/h3-4,8-9,11-12,14,23H,1-2,5-7,10H2,(H2,22,29,30)(H,24,26,28)/t14-/m1/s1. The van der Waals surface area contributed by atoms with E-state index in [1.807, 2.05) is 18.2 Å². The summed E-state index contributed by atoms with van der Waals surface area (Å²) in [6.45, 7) is 1.79. The van der Waals surface area contributed by atoms with Gasteiger partial charge in [0.2, 0.25) is 15.9 Å². The van der Waals surface area contributed by atoms with Crippen molar-refractivity contribution in [3.05, 3.63) is 41.8 Å². The van der Waals surface area contributed by atoms with Crippen LogP contribution in [0.15, 0.2) is 36.8 Å². The molecule has 9 nitrogen and oxygen atoms in total. The molecular formula is C20H23ClN6O3S. The van der Waals surface area contributed by atoms with Crippen molar-refractivity contribution in [2.45, 2.75) is 19.4 Å². The summed E-state index contributed by atoms with van der Waals surface area (Å²) in [7, 11) is -3.59. The molecule has 1 saturated heterocycles. The van der Waals surface area contributed by atoms with Gasteiger partial charge >= 0.3 is 0 Å². The zero-order chi connectivity index (χ0) is 22.0. The number of anilines is 1. The molecule has 2 aromatic heterocycles. The smallest absolute Gasteiger partial charge is 0.229 e. The number of hydrogen-bond donors (Lipinski definition) is 3. The van der Waals surface area contributed by atoms with Crippen LogP contribution in [-0.2, 0) is 21.4 Å². The maximum Gasteiger partial charge on any atom is 0.229 e. The third-order valence-electron chi connectivity index (χ3n) is 5.32. The molecule has 3 heterocycles. The first-order valence-corrected chi connectivity index (χ1v) is 12.0. The Morgan fingerprint density at radius 2 is 2.16 bits per heavy atom. The molecule has 0 bridgehead atoms. The lowest BCUT2D eigenvalue weighted by Crippen LogP contribution is -2.37. The number of fused-ring (bicyclic) bond motifs is 1. The molecule has 1 aromatic carbocycles. The average molecular weight is 463 g/mol. The number of carbonyl (C=O) groups is 1. The number of primary sulfonamides is 1. The van der Waals surface area contributed by atoms with E-state index in [0.29, 0.717) is 22.9 Å². The van der Waals surface area contributed by atoms with Crippen molar-refractivity contribution >= 4 is 44.4 Å². The number of sulfonamides is 1. The SMILES string of the molecule is NS(=O)(=O)CCn1cnc2ccc(-c3cc(NC(=O)[C@@H]4CCCNC4)ncc3Cl)cc21. The lowest BCUT2D eigenvalue weighted by atomic mass is 9.99. The first kappa shape index (κ1) is 21.7. The topological polar surface area (TPSA) is 132 Å². The molecule has 1 amide bonds. The number of nitrogens with two attached hydrogens (primary N) is 1. The largest absolute Gasteiger partial charge is 0.329 e. The van der Waals surface area contributed by atoms with Crippen LogP contribution in [0.4, 0.5) is 5.82 Å². The van der Waals surface area contributed by atoms with Crippen LogP contribution in [0.3, 0.4) is 0 Å². The van der Waals surface area contributed by atoms with Gasteiger partial charge in [-0.2, -0.15) is 0 Å². The van der Waals surface area contributed by atoms with Crippen LogP contribution in [0.25, 0.3) is 22.2 Å². The summed E-state index contributed by atoms with van der Waals surface area (Å²) in [4.78, 5) is 21.1. The number of nitrogens with one attached hydrogen (secondary N) is 2. The van der Waals surface area contributed by atoms with E-state index >= 15 is 0 Å². The molecule has 0 saturated carbocycles. The zero-order valence-corrected chi connectivity index (χ0v) is 18.3. The highest BCUT2D eigenvalue weighted by Gasteiger charge is 2.21. The summed E-state index contributed by atoms with van der Waals surface area (Å²) in [5, 5.41) is 11.7. The Balaban J connectivity index is 1.61. The van der Waals surface area contributed by atoms with Crippen molar-refractivity contribution in [3.63, 3.8) is 0 Å². The quantitative estimate of drug-likeness (QED) is 0.513. The van der Waals surface area contributed by atoms with E-state index in [2.05, 4.69) is 20.6 Å². The Morgan fingerprint density at radius 1 is 1.32 bits per heavy atom. The molecule has 11 heteroatoms. The molecule has 4 rings (SSSR count). The van der Waals surface area contributed by atoms with E-state index in [-0.39, 0.29) is 24.1 Å². The number of amides is 1. The van der Waals surface area contributed by atoms with Gasteiger partial charge < -0.3 is 15.2 Å². The van der Waals surface area contributed by atoms with Crippen LogP contribution >= 0.6 is 11.6 Å². The van der Waals surface area contributed by atoms with E-state index in [1.54, 1.807) is 17.0 Å². The summed E-state index contributed by atoms with van der Waals surface area (Å²) >= 11 is 6.40. The van der Waals surface area contributed by atoms with E-state index in [1.165, 1.54) is 6.20 Å². The highest BCUT2D eigenvalue weighted by atomic mass is 35.5. The Kier molecular flexibility index (Phi) is 6.24. The third kappa shape index (κ3) is 5.21. The molecule has 1 fully saturated rings. The van der Waals surface area contributed by atoms with Crippen molar-refractivity contribution in [2.24, 2.45) is 11.1 Å². The van der Waals surface area contributed by atoms with Crippen molar-refractivity contribution in [3.8, 4) is 11.1 Å². The van der Waals surface area contributed by atoms with Crippen LogP contribution in [-0.4, -0.2) is 47.7 Å². The molecule has 4 N–H and O–H groups in total. The molecule has 164 valence electrons. The van der Waals surface area contributed by atoms with Gasteiger partial charge in [0.15, 0.2) is 0 Å². The lowest BCUT2D eigenvalue weighted by Gasteiger charge is -2.21. The van der Waals surface area contributed by atoms with E-state index in [9.17, 15) is 13.2 Å². The summed E-state index contributed by atoms with van der Waals surface area (Å²) in [6, 6.07) is 7.32. The predicted octanol–water partition coefficient (Wildman–Crippen LogP) is 1.98. The number of nitrogens with zero attached hydrogens (tertiary/aromatic N) is 3. The van der Waals surface area contributed by atoms with E-state index < -0.39 is 10.0 Å². The average Bonchev–Trinajstić information content (AvgIpc) is 3.16. The van der Waals surface area contributed by atoms with E-state index in [4.69, 9.17) is 16.7 Å². The Labute approximate surface area is 185 Å². The Bertz CT molecular complexity index is 1220. The Morgan fingerprint density at radius 3 is 2.90 bits per heavy atom. The fourth-order valence-electron chi connectivity index (χ4n) is 3.66. The molecule has 0 unspecified atom stereocenters. The summed E-state index contributed by atoms with van der Waals surface area (Å²) < 4.78 is 24.4. The van der Waals surface area contributed by atoms with Gasteiger partial charge in [0.05, 0.1) is 34.1 Å². The minimum Gasteiger partial charge on any atom is -0.329 e. The van der Waals surface area contributed by atoms with Gasteiger partial charge in [0.1, 0.15) is 5.82 Å². The second-order valence-corrected chi connectivity index (χ2v) is 9.73. The van der Waals surface area contributed by atoms with Crippen LogP contribution in [0.1, 0.15) is 12.8 Å². The number of piperidine rings is 1. The lowest BCUT2D eigenvalue weighted by molar-refractivity contribution is -0.120. The van der Waals surface area contributed by atoms with E-state index in [0.717, 1.165) is 36.0 Å². The molecule has 1 atom stereocenters. The van der Waals surface area contributed by atoms with Gasteiger partial charge in [-0.05, 0) is 43.1 Å². The van der Waals surface area contributed by atoms with Crippen molar-refractivity contribution in [1.82, 2.24) is 19.9 Å². The van der Waals surface area contributed by atoms with Crippen molar-refractivity contribution in [1.29, 1.82) is 0 Å². The van der Waals surface area contributed by atoms with Crippen LogP contribution in [0, 0.1) is 5.92 Å². The van der Waals surface area contributed by atoms with Gasteiger partial charge in [-0.1, -0.05) is 17.7 Å². The highest BCUT2D eigenvalue weighted by Crippen LogP contribution is 2.31. The minimum atomic E-state index is -3.59. The van der Waals surface area contributed by atoms with Crippen LogP contribution < -0.4 is 15.8 Å². The highest BCUT2D eigenvalue weighted by molar-refractivity contribution is 7.89. The number of benzene rings is 1. The number of pyridine rings is 1. The number of halogens is 1. The Hall–Kier alpha value is -2.53. The maximum atomic E-state index is 12.5. The number of aromatic nitrogens is 3. The third-order valence-corrected chi connectivity index (χ3v) is 6.38. The molecule has 31 heavy (non-hydrogen) atoms. The van der Waals surface area contributed by atoms with Gasteiger partial charge in [-0.25, -0.2) is 23.5 Å². The number of carbonyl (C=O) groups excluding carboxylic acids is 1. The zero-order valence-electron chi connectivity index (χ0n) is 16.7. The number of rotatable bonds is 6. The monoisotopic (exact) mass is 462 g/mol. The van der Waals surface area contributed by atoms with Crippen LogP contribution in [0.2, 0.25) is 5.02 Å². The number of hydrogen-bond acceptors (Lipinski definition) is 6. The normalized spacial score (nSPS) is 17.0. The molecular weight excluding hydrogens is 440 g/mol. The fourth-order valence-corrected chi connectivity index (χ4v) is 4.32. The van der Waals surface area contributed by atoms with Crippen molar-refractivity contribution in [2.75, 3.05) is 24.2 Å². The first-order chi connectivity index (χ1) is 14.8. The molecule has 3 aromatic rings. The predicted molar refractivity (Wildman–Crippen MR) is 120 cm³/mol. The van der Waals surface area contributed by atoms with Gasteiger partial charge in [0, 0.05) is 24.8 Å². The summed E-state index contributed by atoms with van der Waals surface area (Å²) in [6.07, 6.45) is 4.90. The summed E-state index contributed by atoms with van der Waals surface area (Å²) in [5.41, 5.74) is 2.98. The molecule has 0 aliphatic carbocycles. The number of aryl methyl sites for hydroxylation is 1. The molecule has 0 spiro atoms. The first-order valence-electron chi connectivity index (χ1n) is 9.93. The van der Waals surface area contributed by atoms with Crippen LogP contribution in [0.5, 0.6) is 0 Å². The van der Waals surface area contributed by atoms with Gasteiger partial charge in [-0.15, -0.1) is 0 Å². The molecule has 1 aliphatic heterocycles. The van der Waals surface area contributed by atoms with Gasteiger partial charge in [-0.3, -0.25) is 4.79 Å². The molecule has 0 radical (unpaired) electrons. The second-order valence-electron chi connectivity index (χ2n) is 7.59. The van der Waals surface area contributed by atoms with Gasteiger partial charge in [0.25, 0.3) is 0 Å². The summed E-state index contributed by atoms with van der Waals surface area (Å²) in [5.74, 6) is 0.0896. The van der Waals surface area contributed by atoms with Crippen molar-refractivity contribution < 1.29 is 13.2 Å². The minimum absolute atomic E-state index is 0.0653. The maximum absolute atomic E-state index is 12.5.